The summed E-state index contributed by atoms with van der Waals surface area (Å²) in [6, 6.07) is 2.94. The van der Waals surface area contributed by atoms with Crippen molar-refractivity contribution in [3.63, 3.8) is 0 Å². The molecule has 0 atom stereocenters. The average molecular weight is 339 g/mol. The molecule has 0 aromatic carbocycles. The minimum absolute atomic E-state index is 0.133. The van der Waals surface area contributed by atoms with Gasteiger partial charge in [0.15, 0.2) is 0 Å². The Kier molecular flexibility index (Phi) is 7.52. The van der Waals surface area contributed by atoms with E-state index in [1.54, 1.807) is 11.8 Å². The van der Waals surface area contributed by atoms with Gasteiger partial charge in [-0.3, -0.25) is 4.79 Å². The maximum absolute atomic E-state index is 11.9. The van der Waals surface area contributed by atoms with Crippen molar-refractivity contribution < 1.29 is 23.4 Å². The summed E-state index contributed by atoms with van der Waals surface area (Å²) < 4.78 is 26.4. The fourth-order valence-corrected chi connectivity index (χ4v) is 4.67. The molecule has 0 radical (unpaired) electrons. The number of nitrogens with one attached hydrogen (secondary N) is 1. The lowest BCUT2D eigenvalue weighted by Crippen LogP contribution is -2.25. The lowest BCUT2D eigenvalue weighted by atomic mass is 10.3. The lowest BCUT2D eigenvalue weighted by molar-refractivity contribution is -0.136. The molecule has 1 rings (SSSR count). The van der Waals surface area contributed by atoms with Crippen molar-refractivity contribution in [3.8, 4) is 0 Å². The molecule has 0 aliphatic heterocycles. The topological polar surface area (TPSA) is 104 Å². The summed E-state index contributed by atoms with van der Waals surface area (Å²) in [6.07, 6.45) is 0.526. The molecule has 6 nitrogen and oxygen atoms in total. The predicted octanol–water partition coefficient (Wildman–Crippen LogP) is 0.769. The average Bonchev–Trinajstić information content (AvgIpc) is 2.82. The number of carboxylic acids is 1. The molecular weight excluding hydrogens is 322 g/mol. The van der Waals surface area contributed by atoms with Crippen LogP contribution in [-0.2, 0) is 21.2 Å². The minimum Gasteiger partial charge on any atom is -0.481 e. The van der Waals surface area contributed by atoms with Gasteiger partial charge in [0.1, 0.15) is 4.21 Å². The monoisotopic (exact) mass is 339 g/mol. The van der Waals surface area contributed by atoms with Crippen LogP contribution < -0.4 is 4.72 Å². The SMILES string of the molecule is O=C(O)Cc1ccc(S(=O)(=O)NCCSCCCO)s1. The Hall–Kier alpha value is -0.610. The lowest BCUT2D eigenvalue weighted by Gasteiger charge is -2.04. The molecule has 9 heteroatoms. The first-order chi connectivity index (χ1) is 9.45. The molecular formula is C11H17NO5S3. The summed E-state index contributed by atoms with van der Waals surface area (Å²) in [7, 11) is -3.56. The number of aliphatic hydroxyl groups excluding tert-OH is 1. The van der Waals surface area contributed by atoms with Crippen molar-refractivity contribution in [1.82, 2.24) is 4.72 Å². The van der Waals surface area contributed by atoms with E-state index in [-0.39, 0.29) is 17.2 Å². The van der Waals surface area contributed by atoms with Crippen molar-refractivity contribution in [3.05, 3.63) is 17.0 Å². The molecule has 0 spiro atoms. The van der Waals surface area contributed by atoms with Gasteiger partial charge >= 0.3 is 5.97 Å². The van der Waals surface area contributed by atoms with E-state index in [4.69, 9.17) is 10.2 Å². The molecule has 20 heavy (non-hydrogen) atoms. The zero-order valence-electron chi connectivity index (χ0n) is 10.7. The number of aliphatic carboxylic acids is 1. The van der Waals surface area contributed by atoms with Gasteiger partial charge < -0.3 is 10.2 Å². The minimum atomic E-state index is -3.56. The summed E-state index contributed by atoms with van der Waals surface area (Å²) in [5.74, 6) is 0.441. The van der Waals surface area contributed by atoms with Gasteiger partial charge in [-0.05, 0) is 24.3 Å². The first kappa shape index (κ1) is 17.4. The van der Waals surface area contributed by atoms with E-state index in [1.807, 2.05) is 0 Å². The van der Waals surface area contributed by atoms with E-state index >= 15 is 0 Å². The van der Waals surface area contributed by atoms with Crippen LogP contribution in [0.1, 0.15) is 11.3 Å². The van der Waals surface area contributed by atoms with Crippen molar-refractivity contribution in [2.24, 2.45) is 0 Å². The summed E-state index contributed by atoms with van der Waals surface area (Å²) in [4.78, 5) is 11.1. The molecule has 0 aliphatic carbocycles. The van der Waals surface area contributed by atoms with E-state index < -0.39 is 16.0 Å². The number of carbonyl (C=O) groups is 1. The zero-order chi connectivity index (χ0) is 15.0. The van der Waals surface area contributed by atoms with Crippen molar-refractivity contribution in [1.29, 1.82) is 0 Å². The second-order valence-corrected chi connectivity index (χ2v) is 8.27. The second kappa shape index (κ2) is 8.63. The van der Waals surface area contributed by atoms with Gasteiger partial charge in [-0.1, -0.05) is 0 Å². The molecule has 0 unspecified atom stereocenters. The number of hydrogen-bond donors (Lipinski definition) is 3. The summed E-state index contributed by atoms with van der Waals surface area (Å²) in [5.41, 5.74) is 0. The number of hydrogen-bond acceptors (Lipinski definition) is 6. The summed E-state index contributed by atoms with van der Waals surface area (Å²) in [6.45, 7) is 0.449. The van der Waals surface area contributed by atoms with Crippen molar-refractivity contribution >= 4 is 39.1 Å². The molecule has 114 valence electrons. The molecule has 0 amide bonds. The molecule has 3 N–H and O–H groups in total. The number of thiophene rings is 1. The Morgan fingerprint density at radius 2 is 2.10 bits per heavy atom. The molecule has 0 aliphatic rings. The Morgan fingerprint density at radius 3 is 2.75 bits per heavy atom. The van der Waals surface area contributed by atoms with Crippen molar-refractivity contribution in [2.45, 2.75) is 17.1 Å². The Bertz CT molecular complexity index is 526. The van der Waals surface area contributed by atoms with E-state index in [9.17, 15) is 13.2 Å². The largest absolute Gasteiger partial charge is 0.481 e. The molecule has 0 bridgehead atoms. The maximum Gasteiger partial charge on any atom is 0.308 e. The first-order valence-electron chi connectivity index (χ1n) is 5.94. The van der Waals surface area contributed by atoms with Gasteiger partial charge in [-0.2, -0.15) is 11.8 Å². The number of sulfonamides is 1. The quantitative estimate of drug-likeness (QED) is 0.544. The highest BCUT2D eigenvalue weighted by Gasteiger charge is 2.16. The van der Waals surface area contributed by atoms with Gasteiger partial charge in [0.25, 0.3) is 0 Å². The van der Waals surface area contributed by atoms with Gasteiger partial charge in [-0.25, -0.2) is 13.1 Å². The van der Waals surface area contributed by atoms with E-state index in [0.717, 1.165) is 17.1 Å². The van der Waals surface area contributed by atoms with E-state index in [0.29, 0.717) is 23.6 Å². The highest BCUT2D eigenvalue weighted by molar-refractivity contribution is 7.99. The van der Waals surface area contributed by atoms with Crippen LogP contribution in [0.5, 0.6) is 0 Å². The van der Waals surface area contributed by atoms with Crippen LogP contribution in [0, 0.1) is 0 Å². The molecule has 1 heterocycles. The Labute approximate surface area is 126 Å². The summed E-state index contributed by atoms with van der Waals surface area (Å²) >= 11 is 2.53. The third-order valence-corrected chi connectivity index (χ3v) is 6.32. The van der Waals surface area contributed by atoms with Crippen LogP contribution in [0.2, 0.25) is 0 Å². The van der Waals surface area contributed by atoms with E-state index in [1.165, 1.54) is 12.1 Å². The van der Waals surface area contributed by atoms with Gasteiger partial charge in [0.2, 0.25) is 10.0 Å². The van der Waals surface area contributed by atoms with Crippen LogP contribution in [-0.4, -0.2) is 49.3 Å². The molecule has 0 saturated heterocycles. The predicted molar refractivity (Wildman–Crippen MR) is 79.9 cm³/mol. The number of thioether (sulfide) groups is 1. The number of aliphatic hydroxyl groups is 1. The smallest absolute Gasteiger partial charge is 0.308 e. The molecule has 1 aromatic rings. The highest BCUT2D eigenvalue weighted by atomic mass is 32.2. The highest BCUT2D eigenvalue weighted by Crippen LogP contribution is 2.21. The first-order valence-corrected chi connectivity index (χ1v) is 9.40. The maximum atomic E-state index is 11.9. The van der Waals surface area contributed by atoms with Crippen LogP contribution in [0.25, 0.3) is 0 Å². The number of carboxylic acid groups (broad SMARTS) is 1. The third-order valence-electron chi connectivity index (χ3n) is 2.21. The Balaban J connectivity index is 2.43. The van der Waals surface area contributed by atoms with Crippen LogP contribution in [0.4, 0.5) is 0 Å². The fraction of sp³-hybridized carbons (Fsp3) is 0.545. The molecule has 1 aromatic heterocycles. The normalized spacial score (nSPS) is 11.7. The second-order valence-electron chi connectivity index (χ2n) is 3.88. The van der Waals surface area contributed by atoms with Crippen molar-refractivity contribution in [2.75, 3.05) is 24.7 Å². The standard InChI is InChI=1S/C11H17NO5S3/c13-5-1-6-18-7-4-12-20(16,17)11-3-2-9(19-11)8-10(14)15/h2-3,12-13H,1,4-8H2,(H,14,15). The molecule has 0 fully saturated rings. The van der Waals surface area contributed by atoms with Crippen LogP contribution in [0.3, 0.4) is 0 Å². The van der Waals surface area contributed by atoms with Crippen LogP contribution in [0.15, 0.2) is 16.3 Å². The van der Waals surface area contributed by atoms with Gasteiger partial charge in [0.05, 0.1) is 6.42 Å². The fourth-order valence-electron chi connectivity index (χ4n) is 1.33. The van der Waals surface area contributed by atoms with Gasteiger partial charge in [-0.15, -0.1) is 11.3 Å². The third kappa shape index (κ3) is 6.23. The molecule has 0 saturated carbocycles. The van der Waals surface area contributed by atoms with E-state index in [2.05, 4.69) is 4.72 Å². The Morgan fingerprint density at radius 1 is 1.35 bits per heavy atom. The zero-order valence-corrected chi connectivity index (χ0v) is 13.2. The van der Waals surface area contributed by atoms with Crippen LogP contribution >= 0.6 is 23.1 Å². The summed E-state index contributed by atoms with van der Waals surface area (Å²) in [5, 5.41) is 17.2. The van der Waals surface area contributed by atoms with Gasteiger partial charge in [0, 0.05) is 23.8 Å². The number of rotatable bonds is 10.